The van der Waals surface area contributed by atoms with Crippen molar-refractivity contribution in [3.05, 3.63) is 96.1 Å². The molecule has 2 heterocycles. The molecule has 5 rings (SSSR count). The standard InChI is InChI=1S/C29H31N3O2S/c33-27(16-9-17-32-25-14-7-8-15-26(25)35-22-28(32)34)30-18-20-31(21-19-30)29(23-10-3-1-4-11-23)24-12-5-2-6-13-24/h1-8,10-15,29H,9,16-22H2. The molecular formula is C29H31N3O2S. The molecule has 1 saturated heterocycles. The first kappa shape index (κ1) is 23.6. The van der Waals surface area contributed by atoms with Crippen LogP contribution < -0.4 is 4.90 Å². The van der Waals surface area contributed by atoms with Crippen LogP contribution in [0.3, 0.4) is 0 Å². The Morgan fingerprint density at radius 2 is 1.40 bits per heavy atom. The van der Waals surface area contributed by atoms with Crippen molar-refractivity contribution in [1.82, 2.24) is 9.80 Å². The summed E-state index contributed by atoms with van der Waals surface area (Å²) in [5.41, 5.74) is 3.54. The van der Waals surface area contributed by atoms with Crippen LogP contribution in [0.2, 0.25) is 0 Å². The predicted octanol–water partition coefficient (Wildman–Crippen LogP) is 4.84. The first-order chi connectivity index (χ1) is 17.2. The molecule has 3 aromatic carbocycles. The van der Waals surface area contributed by atoms with Crippen LogP contribution in [0.25, 0.3) is 0 Å². The normalized spacial score (nSPS) is 16.4. The van der Waals surface area contributed by atoms with Crippen LogP contribution in [0.1, 0.15) is 30.0 Å². The molecular weight excluding hydrogens is 454 g/mol. The van der Waals surface area contributed by atoms with Crippen molar-refractivity contribution in [1.29, 1.82) is 0 Å². The molecule has 2 amide bonds. The van der Waals surface area contributed by atoms with E-state index in [0.29, 0.717) is 25.1 Å². The van der Waals surface area contributed by atoms with Gasteiger partial charge in [0.25, 0.3) is 0 Å². The maximum atomic E-state index is 13.0. The zero-order valence-corrected chi connectivity index (χ0v) is 20.7. The van der Waals surface area contributed by atoms with Crippen molar-refractivity contribution in [2.24, 2.45) is 0 Å². The number of hydrogen-bond donors (Lipinski definition) is 0. The van der Waals surface area contributed by atoms with Crippen LogP contribution in [0, 0.1) is 0 Å². The Morgan fingerprint density at radius 1 is 0.800 bits per heavy atom. The molecule has 1 fully saturated rings. The molecule has 0 bridgehead atoms. The van der Waals surface area contributed by atoms with Crippen molar-refractivity contribution < 1.29 is 9.59 Å². The smallest absolute Gasteiger partial charge is 0.237 e. The lowest BCUT2D eigenvalue weighted by Crippen LogP contribution is -2.50. The van der Waals surface area contributed by atoms with E-state index in [1.54, 1.807) is 11.8 Å². The van der Waals surface area contributed by atoms with E-state index in [9.17, 15) is 9.59 Å². The van der Waals surface area contributed by atoms with E-state index in [2.05, 4.69) is 71.6 Å². The monoisotopic (exact) mass is 485 g/mol. The molecule has 0 saturated carbocycles. The summed E-state index contributed by atoms with van der Waals surface area (Å²) in [5.74, 6) is 0.784. The van der Waals surface area contributed by atoms with Crippen LogP contribution in [0.4, 0.5) is 5.69 Å². The number of carbonyl (C=O) groups excluding carboxylic acids is 2. The van der Waals surface area contributed by atoms with Crippen LogP contribution in [-0.4, -0.2) is 60.1 Å². The molecule has 0 radical (unpaired) electrons. The third-order valence-corrected chi connectivity index (χ3v) is 7.89. The maximum absolute atomic E-state index is 13.0. The number of amides is 2. The first-order valence-corrected chi connectivity index (χ1v) is 13.3. The minimum absolute atomic E-state index is 0.127. The van der Waals surface area contributed by atoms with Gasteiger partial charge >= 0.3 is 0 Å². The highest BCUT2D eigenvalue weighted by atomic mass is 32.2. The lowest BCUT2D eigenvalue weighted by molar-refractivity contribution is -0.133. The number of nitrogens with zero attached hydrogens (tertiary/aromatic N) is 3. The van der Waals surface area contributed by atoms with Gasteiger partial charge in [0.05, 0.1) is 17.5 Å². The summed E-state index contributed by atoms with van der Waals surface area (Å²) in [6.07, 6.45) is 1.15. The number of para-hydroxylation sites is 1. The van der Waals surface area contributed by atoms with Gasteiger partial charge in [-0.15, -0.1) is 11.8 Å². The van der Waals surface area contributed by atoms with E-state index in [1.807, 2.05) is 28.0 Å². The van der Waals surface area contributed by atoms with E-state index >= 15 is 0 Å². The van der Waals surface area contributed by atoms with Gasteiger partial charge in [-0.2, -0.15) is 0 Å². The fraction of sp³-hybridized carbons (Fsp3) is 0.310. The molecule has 3 aromatic rings. The third-order valence-electron chi connectivity index (χ3n) is 6.84. The van der Waals surface area contributed by atoms with Crippen molar-refractivity contribution in [2.75, 3.05) is 43.4 Å². The first-order valence-electron chi connectivity index (χ1n) is 12.3. The Balaban J connectivity index is 1.17. The predicted molar refractivity (Wildman–Crippen MR) is 142 cm³/mol. The molecule has 5 nitrogen and oxygen atoms in total. The topological polar surface area (TPSA) is 43.9 Å². The highest BCUT2D eigenvalue weighted by Gasteiger charge is 2.28. The van der Waals surface area contributed by atoms with Gasteiger partial charge in [0.2, 0.25) is 11.8 Å². The van der Waals surface area contributed by atoms with E-state index in [0.717, 1.165) is 36.8 Å². The van der Waals surface area contributed by atoms with Gasteiger partial charge in [-0.25, -0.2) is 0 Å². The summed E-state index contributed by atoms with van der Waals surface area (Å²) in [6, 6.07) is 29.4. The van der Waals surface area contributed by atoms with E-state index in [4.69, 9.17) is 0 Å². The molecule has 0 N–H and O–H groups in total. The van der Waals surface area contributed by atoms with Crippen LogP contribution in [0.5, 0.6) is 0 Å². The number of rotatable bonds is 7. The number of thioether (sulfide) groups is 1. The van der Waals surface area contributed by atoms with Gasteiger partial charge in [-0.1, -0.05) is 72.8 Å². The van der Waals surface area contributed by atoms with Gasteiger partial charge in [0, 0.05) is 44.0 Å². The molecule has 180 valence electrons. The van der Waals surface area contributed by atoms with Gasteiger partial charge in [-0.05, 0) is 29.7 Å². The fourth-order valence-electron chi connectivity index (χ4n) is 5.06. The lowest BCUT2D eigenvalue weighted by atomic mass is 9.96. The Morgan fingerprint density at radius 3 is 2.06 bits per heavy atom. The second-order valence-electron chi connectivity index (χ2n) is 9.05. The zero-order valence-electron chi connectivity index (χ0n) is 19.9. The second kappa shape index (κ2) is 11.1. The van der Waals surface area contributed by atoms with Crippen LogP contribution in [-0.2, 0) is 9.59 Å². The van der Waals surface area contributed by atoms with Gasteiger partial charge in [0.15, 0.2) is 0 Å². The van der Waals surface area contributed by atoms with Gasteiger partial charge in [-0.3, -0.25) is 14.5 Å². The number of anilines is 1. The van der Waals surface area contributed by atoms with Crippen molar-refractivity contribution in [3.8, 4) is 0 Å². The quantitative estimate of drug-likeness (QED) is 0.480. The third kappa shape index (κ3) is 5.44. The van der Waals surface area contributed by atoms with E-state index in [1.165, 1.54) is 11.1 Å². The molecule has 0 aromatic heterocycles. The van der Waals surface area contributed by atoms with Crippen LogP contribution in [0.15, 0.2) is 89.8 Å². The highest BCUT2D eigenvalue weighted by molar-refractivity contribution is 8.00. The number of carbonyl (C=O) groups is 2. The SMILES string of the molecule is O=C(CCCN1C(=O)CSc2ccccc21)N1CCN(C(c2ccccc2)c2ccccc2)CC1. The minimum atomic E-state index is 0.127. The Kier molecular flexibility index (Phi) is 7.50. The number of piperazine rings is 1. The molecule has 0 unspecified atom stereocenters. The maximum Gasteiger partial charge on any atom is 0.237 e. The molecule has 0 atom stereocenters. The summed E-state index contributed by atoms with van der Waals surface area (Å²) in [5, 5.41) is 0. The van der Waals surface area contributed by atoms with Crippen molar-refractivity contribution >= 4 is 29.3 Å². The Bertz CT molecular complexity index is 1110. The number of hydrogen-bond acceptors (Lipinski definition) is 4. The van der Waals surface area contributed by atoms with Crippen molar-refractivity contribution in [2.45, 2.75) is 23.8 Å². The zero-order chi connectivity index (χ0) is 24.0. The molecule has 0 aliphatic carbocycles. The molecule has 2 aliphatic heterocycles. The van der Waals surface area contributed by atoms with E-state index in [-0.39, 0.29) is 17.9 Å². The molecule has 0 spiro atoms. The highest BCUT2D eigenvalue weighted by Crippen LogP contribution is 2.35. The fourth-order valence-corrected chi connectivity index (χ4v) is 6.00. The second-order valence-corrected chi connectivity index (χ2v) is 10.1. The molecule has 35 heavy (non-hydrogen) atoms. The molecule has 6 heteroatoms. The average Bonchev–Trinajstić information content (AvgIpc) is 2.91. The lowest BCUT2D eigenvalue weighted by Gasteiger charge is -2.40. The van der Waals surface area contributed by atoms with Crippen LogP contribution >= 0.6 is 11.8 Å². The van der Waals surface area contributed by atoms with E-state index < -0.39 is 0 Å². The summed E-state index contributed by atoms with van der Waals surface area (Å²) in [7, 11) is 0. The van der Waals surface area contributed by atoms with Gasteiger partial charge < -0.3 is 9.80 Å². The summed E-state index contributed by atoms with van der Waals surface area (Å²) in [6.45, 7) is 3.74. The molecule has 2 aliphatic rings. The van der Waals surface area contributed by atoms with Gasteiger partial charge in [0.1, 0.15) is 0 Å². The number of fused-ring (bicyclic) bond motifs is 1. The average molecular weight is 486 g/mol. The summed E-state index contributed by atoms with van der Waals surface area (Å²) in [4.78, 5) is 32.9. The summed E-state index contributed by atoms with van der Waals surface area (Å²) < 4.78 is 0. The minimum Gasteiger partial charge on any atom is -0.340 e. The Labute approximate surface area is 211 Å². The summed E-state index contributed by atoms with van der Waals surface area (Å²) >= 11 is 1.59. The number of benzene rings is 3. The van der Waals surface area contributed by atoms with Crippen molar-refractivity contribution in [3.63, 3.8) is 0 Å². The Hall–Kier alpha value is -3.09. The largest absolute Gasteiger partial charge is 0.340 e.